The minimum Gasteiger partial charge on any atom is -0.497 e. The number of aryl methyl sites for hydroxylation is 1. The smallest absolute Gasteiger partial charge is 0.274 e. The number of likely N-dealkylation sites (N-methyl/N-ethyl adjacent to an activating group) is 1. The number of nitrogens with zero attached hydrogens (tertiary/aromatic N) is 3. The van der Waals surface area contributed by atoms with Gasteiger partial charge >= 0.3 is 0 Å². The molecule has 228 valence electrons. The molecule has 43 heavy (non-hydrogen) atoms. The summed E-state index contributed by atoms with van der Waals surface area (Å²) in [5.41, 5.74) is -0.319. The fourth-order valence-corrected chi connectivity index (χ4v) is 7.76. The summed E-state index contributed by atoms with van der Waals surface area (Å²) in [4.78, 5) is 31.6. The van der Waals surface area contributed by atoms with Crippen molar-refractivity contribution in [2.75, 3.05) is 46.3 Å². The average molecular weight is 610 g/mol. The van der Waals surface area contributed by atoms with Crippen LogP contribution in [0.2, 0.25) is 0 Å². The van der Waals surface area contributed by atoms with E-state index in [0.29, 0.717) is 28.2 Å². The molecule has 2 aliphatic rings. The third kappa shape index (κ3) is 4.60. The Morgan fingerprint density at radius 2 is 1.65 bits per heavy atom. The molecule has 2 aliphatic heterocycles. The number of carbonyl (C=O) groups excluding carboxylic acids is 2. The number of likely N-dealkylation sites (tertiary alicyclic amines) is 1. The third-order valence-corrected chi connectivity index (χ3v) is 9.81. The average Bonchev–Trinajstić information content (AvgIpc) is 3.50. The highest BCUT2D eigenvalue weighted by atomic mass is 32.2. The largest absolute Gasteiger partial charge is 0.497 e. The number of β-amino-alcohol motifs (C(OH)–C–C–N with tert-alkyl or cyclic N) is 1. The van der Waals surface area contributed by atoms with E-state index in [9.17, 15) is 18.3 Å². The molecule has 3 atom stereocenters. The molecule has 2 heterocycles. The Morgan fingerprint density at radius 3 is 2.30 bits per heavy atom. The Kier molecular flexibility index (Phi) is 7.88. The maximum atomic E-state index is 15.2. The Balaban J connectivity index is 1.86. The number of aliphatic hydroxyl groups excluding tert-OH is 1. The fraction of sp³-hybridized carbons (Fsp3) is 0.355. The van der Waals surface area contributed by atoms with Gasteiger partial charge in [-0.05, 0) is 43.2 Å². The van der Waals surface area contributed by atoms with Crippen molar-refractivity contribution < 1.29 is 37.3 Å². The number of methoxy groups -OCH3 is 3. The van der Waals surface area contributed by atoms with Crippen LogP contribution >= 0.6 is 0 Å². The van der Waals surface area contributed by atoms with Gasteiger partial charge in [-0.15, -0.1) is 0 Å². The number of rotatable bonds is 8. The molecule has 2 amide bonds. The number of hydrogen-bond acceptors (Lipinski definition) is 9. The van der Waals surface area contributed by atoms with E-state index in [1.807, 2.05) is 0 Å². The number of aliphatic hydroxyl groups is 1. The first-order valence-corrected chi connectivity index (χ1v) is 15.1. The predicted octanol–water partition coefficient (Wildman–Crippen LogP) is 2.52. The lowest BCUT2D eigenvalue weighted by Gasteiger charge is -2.42. The lowest BCUT2D eigenvalue weighted by molar-refractivity contribution is -0.138. The predicted molar refractivity (Wildman–Crippen MR) is 159 cm³/mol. The maximum Gasteiger partial charge on any atom is 0.274 e. The molecule has 5 rings (SSSR count). The summed E-state index contributed by atoms with van der Waals surface area (Å²) in [6.07, 6.45) is -0.893. The molecular weight excluding hydrogens is 574 g/mol. The van der Waals surface area contributed by atoms with Gasteiger partial charge in [0.05, 0.1) is 39.2 Å². The molecule has 12 heteroatoms. The van der Waals surface area contributed by atoms with E-state index >= 15 is 4.79 Å². The van der Waals surface area contributed by atoms with Crippen molar-refractivity contribution in [1.29, 1.82) is 0 Å². The second-order valence-electron chi connectivity index (χ2n) is 10.8. The van der Waals surface area contributed by atoms with Gasteiger partial charge in [0.1, 0.15) is 22.1 Å². The number of ether oxygens (including phenoxy) is 3. The van der Waals surface area contributed by atoms with Crippen molar-refractivity contribution in [2.24, 2.45) is 0 Å². The molecular formula is C31H35N3O8S. The number of sulfonamides is 1. The minimum atomic E-state index is -4.60. The number of para-hydroxylation sites is 1. The second-order valence-corrected chi connectivity index (χ2v) is 12.6. The lowest BCUT2D eigenvalue weighted by Crippen LogP contribution is -2.59. The first-order chi connectivity index (χ1) is 20.4. The zero-order chi connectivity index (χ0) is 31.3. The van der Waals surface area contributed by atoms with Gasteiger partial charge in [-0.25, -0.2) is 12.7 Å². The number of anilines is 1. The van der Waals surface area contributed by atoms with E-state index in [1.165, 1.54) is 44.4 Å². The van der Waals surface area contributed by atoms with Crippen LogP contribution in [0.5, 0.6) is 17.2 Å². The summed E-state index contributed by atoms with van der Waals surface area (Å²) in [5, 5.41) is 10.9. The maximum absolute atomic E-state index is 15.2. The molecule has 1 N–H and O–H groups in total. The highest BCUT2D eigenvalue weighted by Gasteiger charge is 2.64. The van der Waals surface area contributed by atoms with E-state index < -0.39 is 33.6 Å². The van der Waals surface area contributed by atoms with Crippen LogP contribution in [-0.2, 0) is 25.2 Å². The molecule has 1 saturated heterocycles. The Labute approximate surface area is 251 Å². The first kappa shape index (κ1) is 30.3. The SMILES string of the molecule is COc1ccc(S(=O)(=O)N2C(=O)[C@@](c3ccccc3OC)(N3C[C@H](O)C[C@H]3C(=O)N(C)C)c3ccc(C)cc32)c(OC)c1. The van der Waals surface area contributed by atoms with Crippen molar-refractivity contribution in [3.8, 4) is 17.2 Å². The van der Waals surface area contributed by atoms with Crippen LogP contribution in [0.3, 0.4) is 0 Å². The Bertz CT molecular complexity index is 1690. The highest BCUT2D eigenvalue weighted by molar-refractivity contribution is 7.93. The molecule has 0 radical (unpaired) electrons. The van der Waals surface area contributed by atoms with Crippen molar-refractivity contribution >= 4 is 27.5 Å². The summed E-state index contributed by atoms with van der Waals surface area (Å²) < 4.78 is 46.4. The van der Waals surface area contributed by atoms with E-state index in [2.05, 4.69) is 0 Å². The van der Waals surface area contributed by atoms with Crippen molar-refractivity contribution in [3.63, 3.8) is 0 Å². The van der Waals surface area contributed by atoms with Gasteiger partial charge in [0.2, 0.25) is 5.91 Å². The third-order valence-electron chi connectivity index (χ3n) is 8.08. The van der Waals surface area contributed by atoms with Crippen LogP contribution in [-0.4, -0.2) is 89.3 Å². The summed E-state index contributed by atoms with van der Waals surface area (Å²) in [6.45, 7) is 1.73. The summed E-state index contributed by atoms with van der Waals surface area (Å²) in [7, 11) is 2.83. The molecule has 3 aromatic carbocycles. The molecule has 3 aromatic rings. The van der Waals surface area contributed by atoms with Gasteiger partial charge < -0.3 is 24.2 Å². The number of fused-ring (bicyclic) bond motifs is 1. The topological polar surface area (TPSA) is 126 Å². The van der Waals surface area contributed by atoms with Crippen LogP contribution < -0.4 is 18.5 Å². The molecule has 0 aromatic heterocycles. The standard InChI is InChI=1S/C31H35N3O8S/c1-19-11-13-22-24(15-19)34(43(38,39)28-14-12-21(40-4)17-27(28)42-6)30(37)31(22,23-9-7-8-10-26(23)41-5)33-18-20(35)16-25(33)29(36)32(2)3/h7-15,17,20,25,35H,16,18H2,1-6H3/t20-,25+,31-/m1/s1. The highest BCUT2D eigenvalue weighted by Crippen LogP contribution is 2.55. The normalized spacial score (nSPS) is 21.9. The van der Waals surface area contributed by atoms with Crippen molar-refractivity contribution in [2.45, 2.75) is 35.9 Å². The van der Waals surface area contributed by atoms with Gasteiger partial charge in [0.15, 0.2) is 5.54 Å². The molecule has 0 saturated carbocycles. The second kappa shape index (κ2) is 11.2. The molecule has 11 nitrogen and oxygen atoms in total. The van der Waals surface area contributed by atoms with Gasteiger partial charge in [-0.1, -0.05) is 30.3 Å². The van der Waals surface area contributed by atoms with Gasteiger partial charge in [-0.3, -0.25) is 14.5 Å². The Hall–Kier alpha value is -4.13. The van der Waals surface area contributed by atoms with Crippen LogP contribution in [0.15, 0.2) is 65.6 Å². The number of benzene rings is 3. The Morgan fingerprint density at radius 1 is 0.953 bits per heavy atom. The number of hydrogen-bond donors (Lipinski definition) is 1. The first-order valence-electron chi connectivity index (χ1n) is 13.7. The molecule has 0 spiro atoms. The van der Waals surface area contributed by atoms with Crippen LogP contribution in [0.25, 0.3) is 0 Å². The monoisotopic (exact) mass is 609 g/mol. The van der Waals surface area contributed by atoms with Crippen molar-refractivity contribution in [3.05, 3.63) is 77.4 Å². The van der Waals surface area contributed by atoms with E-state index in [0.717, 1.165) is 4.31 Å². The zero-order valence-electron chi connectivity index (χ0n) is 24.9. The number of amides is 2. The summed E-state index contributed by atoms with van der Waals surface area (Å²) in [6, 6.07) is 15.2. The van der Waals surface area contributed by atoms with Crippen molar-refractivity contribution in [1.82, 2.24) is 9.80 Å². The van der Waals surface area contributed by atoms with Gasteiger partial charge in [0, 0.05) is 37.8 Å². The summed E-state index contributed by atoms with van der Waals surface area (Å²) >= 11 is 0. The summed E-state index contributed by atoms with van der Waals surface area (Å²) in [5.74, 6) is -0.472. The fourth-order valence-electron chi connectivity index (χ4n) is 6.16. The van der Waals surface area contributed by atoms with E-state index in [1.54, 1.807) is 68.4 Å². The molecule has 0 aliphatic carbocycles. The lowest BCUT2D eigenvalue weighted by atomic mass is 9.80. The van der Waals surface area contributed by atoms with Crippen LogP contribution in [0.4, 0.5) is 5.69 Å². The molecule has 1 fully saturated rings. The molecule has 0 bridgehead atoms. The van der Waals surface area contributed by atoms with Gasteiger partial charge in [-0.2, -0.15) is 0 Å². The van der Waals surface area contributed by atoms with Crippen LogP contribution in [0.1, 0.15) is 23.1 Å². The van der Waals surface area contributed by atoms with E-state index in [4.69, 9.17) is 14.2 Å². The number of carbonyl (C=O) groups is 2. The van der Waals surface area contributed by atoms with Crippen LogP contribution in [0, 0.1) is 6.92 Å². The zero-order valence-corrected chi connectivity index (χ0v) is 25.7. The van der Waals surface area contributed by atoms with Gasteiger partial charge in [0.25, 0.3) is 15.9 Å². The van der Waals surface area contributed by atoms with E-state index in [-0.39, 0.29) is 35.2 Å². The minimum absolute atomic E-state index is 0.00611. The quantitative estimate of drug-likeness (QED) is 0.410. The molecule has 0 unspecified atom stereocenters.